The molecule has 1 rings (SSSR count). The quantitative estimate of drug-likeness (QED) is 0.849. The van der Waals surface area contributed by atoms with Gasteiger partial charge in [0.05, 0.1) is 5.56 Å². The van der Waals surface area contributed by atoms with Crippen LogP contribution < -0.4 is 10.1 Å². The predicted molar refractivity (Wildman–Crippen MR) is 74.4 cm³/mol. The lowest BCUT2D eigenvalue weighted by molar-refractivity contribution is -0.128. The van der Waals surface area contributed by atoms with E-state index < -0.39 is 6.10 Å². The summed E-state index contributed by atoms with van der Waals surface area (Å²) in [5.74, 6) is 0.149. The van der Waals surface area contributed by atoms with Crippen molar-refractivity contribution in [1.82, 2.24) is 5.32 Å². The molecule has 0 fully saturated rings. The molecule has 0 aliphatic heterocycles. The van der Waals surface area contributed by atoms with Crippen molar-refractivity contribution in [2.45, 2.75) is 46.3 Å². The molecule has 0 aliphatic carbocycles. The van der Waals surface area contributed by atoms with Gasteiger partial charge in [-0.3, -0.25) is 9.59 Å². The highest BCUT2D eigenvalue weighted by molar-refractivity contribution is 5.96. The molecular weight excluding hydrogens is 242 g/mol. The van der Waals surface area contributed by atoms with Gasteiger partial charge >= 0.3 is 0 Å². The van der Waals surface area contributed by atoms with Crippen molar-refractivity contribution in [3.05, 3.63) is 29.8 Å². The number of rotatable bonds is 4. The fraction of sp³-hybridized carbons (Fsp3) is 0.467. The van der Waals surface area contributed by atoms with E-state index in [-0.39, 0.29) is 17.2 Å². The molecular formula is C15H21NO3. The van der Waals surface area contributed by atoms with Gasteiger partial charge in [0.25, 0.3) is 5.91 Å². The molecule has 4 nitrogen and oxygen atoms in total. The number of amides is 1. The first-order valence-electron chi connectivity index (χ1n) is 6.29. The van der Waals surface area contributed by atoms with E-state index >= 15 is 0 Å². The van der Waals surface area contributed by atoms with Crippen LogP contribution in [0.4, 0.5) is 0 Å². The van der Waals surface area contributed by atoms with E-state index in [1.54, 1.807) is 31.2 Å². The Bertz CT molecular complexity index is 475. The second-order valence-corrected chi connectivity index (χ2v) is 5.55. The summed E-state index contributed by atoms with van der Waals surface area (Å²) in [6.45, 7) is 8.85. The first-order valence-corrected chi connectivity index (χ1v) is 6.29. The van der Waals surface area contributed by atoms with Crippen molar-refractivity contribution in [2.75, 3.05) is 0 Å². The molecule has 0 radical (unpaired) electrons. The van der Waals surface area contributed by atoms with Crippen molar-refractivity contribution in [1.29, 1.82) is 0 Å². The summed E-state index contributed by atoms with van der Waals surface area (Å²) in [6, 6.07) is 6.92. The molecule has 4 heteroatoms. The molecule has 1 amide bonds. The van der Waals surface area contributed by atoms with Gasteiger partial charge in [-0.2, -0.15) is 0 Å². The fourth-order valence-corrected chi connectivity index (χ4v) is 1.58. The lowest BCUT2D eigenvalue weighted by Crippen LogP contribution is -2.46. The van der Waals surface area contributed by atoms with Gasteiger partial charge in [-0.15, -0.1) is 0 Å². The fourth-order valence-electron chi connectivity index (χ4n) is 1.58. The summed E-state index contributed by atoms with van der Waals surface area (Å²) in [4.78, 5) is 23.4. The van der Waals surface area contributed by atoms with Crippen LogP contribution in [0.25, 0.3) is 0 Å². The number of hydrogen-bond acceptors (Lipinski definition) is 3. The van der Waals surface area contributed by atoms with Gasteiger partial charge in [-0.25, -0.2) is 0 Å². The van der Waals surface area contributed by atoms with Crippen molar-refractivity contribution in [2.24, 2.45) is 0 Å². The Morgan fingerprint density at radius 3 is 2.32 bits per heavy atom. The zero-order valence-corrected chi connectivity index (χ0v) is 12.1. The summed E-state index contributed by atoms with van der Waals surface area (Å²) in [6.07, 6.45) is -0.653. The van der Waals surface area contributed by atoms with Crippen LogP contribution in [0.3, 0.4) is 0 Å². The molecule has 0 heterocycles. The highest BCUT2D eigenvalue weighted by Gasteiger charge is 2.21. The van der Waals surface area contributed by atoms with Crippen LogP contribution in [0, 0.1) is 0 Å². The monoisotopic (exact) mass is 263 g/mol. The Kier molecular flexibility index (Phi) is 4.70. The van der Waals surface area contributed by atoms with Crippen LogP contribution in [-0.2, 0) is 4.79 Å². The van der Waals surface area contributed by atoms with Gasteiger partial charge in [0.2, 0.25) is 0 Å². The van der Waals surface area contributed by atoms with E-state index in [1.807, 2.05) is 20.8 Å². The van der Waals surface area contributed by atoms with E-state index in [1.165, 1.54) is 6.92 Å². The smallest absolute Gasteiger partial charge is 0.261 e. The van der Waals surface area contributed by atoms with Crippen LogP contribution >= 0.6 is 0 Å². The summed E-state index contributed by atoms with van der Waals surface area (Å²) in [5, 5.41) is 2.84. The summed E-state index contributed by atoms with van der Waals surface area (Å²) in [7, 11) is 0. The third kappa shape index (κ3) is 4.73. The molecule has 0 saturated heterocycles. The first-order chi connectivity index (χ1) is 8.70. The van der Waals surface area contributed by atoms with E-state index in [0.29, 0.717) is 11.3 Å². The normalized spacial score (nSPS) is 12.7. The van der Waals surface area contributed by atoms with Gasteiger partial charge < -0.3 is 10.1 Å². The molecule has 0 bridgehead atoms. The van der Waals surface area contributed by atoms with Crippen molar-refractivity contribution >= 4 is 11.7 Å². The Morgan fingerprint density at radius 1 is 1.21 bits per heavy atom. The van der Waals surface area contributed by atoms with Gasteiger partial charge in [0.15, 0.2) is 11.9 Å². The number of para-hydroxylation sites is 1. The largest absolute Gasteiger partial charge is 0.480 e. The molecule has 1 unspecified atom stereocenters. The SMILES string of the molecule is CC(=O)c1ccccc1OC(C)C(=O)NC(C)(C)C. The molecule has 1 atom stereocenters. The topological polar surface area (TPSA) is 55.4 Å². The van der Waals surface area contributed by atoms with Crippen LogP contribution in [0.5, 0.6) is 5.75 Å². The molecule has 1 N–H and O–H groups in total. The third-order valence-electron chi connectivity index (χ3n) is 2.44. The minimum atomic E-state index is -0.653. The van der Waals surface area contributed by atoms with E-state index in [0.717, 1.165) is 0 Å². The number of ketones is 1. The number of hydrogen-bond donors (Lipinski definition) is 1. The van der Waals surface area contributed by atoms with Crippen LogP contribution in [0.2, 0.25) is 0 Å². The van der Waals surface area contributed by atoms with Crippen molar-refractivity contribution in [3.8, 4) is 5.75 Å². The Morgan fingerprint density at radius 2 is 1.79 bits per heavy atom. The Labute approximate surface area is 114 Å². The number of carbonyl (C=O) groups is 2. The van der Waals surface area contributed by atoms with Crippen LogP contribution in [-0.4, -0.2) is 23.3 Å². The zero-order valence-electron chi connectivity index (χ0n) is 12.1. The standard InChI is InChI=1S/C15H21NO3/c1-10(17)12-8-6-7-9-13(12)19-11(2)14(18)16-15(3,4)5/h6-9,11H,1-5H3,(H,16,18). The summed E-state index contributed by atoms with van der Waals surface area (Å²) in [5.41, 5.74) is 0.173. The van der Waals surface area contributed by atoms with E-state index in [9.17, 15) is 9.59 Å². The van der Waals surface area contributed by atoms with E-state index in [4.69, 9.17) is 4.74 Å². The highest BCUT2D eigenvalue weighted by Crippen LogP contribution is 2.20. The van der Waals surface area contributed by atoms with Crippen LogP contribution in [0.15, 0.2) is 24.3 Å². The average Bonchev–Trinajstić information content (AvgIpc) is 2.27. The third-order valence-corrected chi connectivity index (χ3v) is 2.44. The lowest BCUT2D eigenvalue weighted by atomic mass is 10.1. The lowest BCUT2D eigenvalue weighted by Gasteiger charge is -2.24. The van der Waals surface area contributed by atoms with Gasteiger partial charge in [-0.05, 0) is 46.8 Å². The maximum absolute atomic E-state index is 11.9. The molecule has 1 aromatic carbocycles. The van der Waals surface area contributed by atoms with Gasteiger partial charge in [0, 0.05) is 5.54 Å². The average molecular weight is 263 g/mol. The first kappa shape index (κ1) is 15.2. The van der Waals surface area contributed by atoms with Crippen molar-refractivity contribution in [3.63, 3.8) is 0 Å². The number of benzene rings is 1. The molecule has 0 spiro atoms. The number of carbonyl (C=O) groups excluding carboxylic acids is 2. The molecule has 19 heavy (non-hydrogen) atoms. The van der Waals surface area contributed by atoms with Crippen LogP contribution in [0.1, 0.15) is 45.0 Å². The second-order valence-electron chi connectivity index (χ2n) is 5.55. The van der Waals surface area contributed by atoms with Gasteiger partial charge in [0.1, 0.15) is 5.75 Å². The van der Waals surface area contributed by atoms with Gasteiger partial charge in [-0.1, -0.05) is 12.1 Å². The number of ether oxygens (including phenoxy) is 1. The van der Waals surface area contributed by atoms with E-state index in [2.05, 4.69) is 5.32 Å². The maximum atomic E-state index is 11.9. The molecule has 0 aliphatic rings. The highest BCUT2D eigenvalue weighted by atomic mass is 16.5. The maximum Gasteiger partial charge on any atom is 0.261 e. The predicted octanol–water partition coefficient (Wildman–Crippen LogP) is 2.57. The Balaban J connectivity index is 2.80. The molecule has 0 saturated carbocycles. The summed E-state index contributed by atoms with van der Waals surface area (Å²) < 4.78 is 5.58. The Hall–Kier alpha value is -1.84. The molecule has 0 aromatic heterocycles. The minimum absolute atomic E-state index is 0.0842. The molecule has 104 valence electrons. The van der Waals surface area contributed by atoms with Crippen molar-refractivity contribution < 1.29 is 14.3 Å². The summed E-state index contributed by atoms with van der Waals surface area (Å²) >= 11 is 0. The number of Topliss-reactive ketones (excluding diaryl/α,β-unsaturated/α-hetero) is 1. The second kappa shape index (κ2) is 5.87. The minimum Gasteiger partial charge on any atom is -0.480 e. The number of nitrogens with one attached hydrogen (secondary N) is 1. The zero-order chi connectivity index (χ0) is 14.6. The molecule has 1 aromatic rings.